The highest BCUT2D eigenvalue weighted by molar-refractivity contribution is 5.63. The van der Waals surface area contributed by atoms with Crippen molar-refractivity contribution in [2.24, 2.45) is 0 Å². The summed E-state index contributed by atoms with van der Waals surface area (Å²) in [5.41, 5.74) is 5.37. The summed E-state index contributed by atoms with van der Waals surface area (Å²) in [7, 11) is 0. The van der Waals surface area contributed by atoms with Crippen LogP contribution in [0, 0.1) is 6.92 Å². The van der Waals surface area contributed by atoms with Gasteiger partial charge >= 0.3 is 0 Å². The maximum absolute atomic E-state index is 2.25. The molecule has 0 fully saturated rings. The third-order valence-electron chi connectivity index (χ3n) is 3.16. The van der Waals surface area contributed by atoms with E-state index in [2.05, 4.69) is 62.4 Å². The van der Waals surface area contributed by atoms with Gasteiger partial charge in [-0.1, -0.05) is 81.3 Å². The summed E-state index contributed by atoms with van der Waals surface area (Å²) < 4.78 is 0. The van der Waals surface area contributed by atoms with Gasteiger partial charge in [0.15, 0.2) is 0 Å². The van der Waals surface area contributed by atoms with Crippen LogP contribution < -0.4 is 0 Å². The first-order valence-electron chi connectivity index (χ1n) is 7.45. The molecule has 2 rings (SSSR count). The third kappa shape index (κ3) is 4.90. The number of hydrogen-bond acceptors (Lipinski definition) is 0. The third-order valence-corrected chi connectivity index (χ3v) is 3.16. The monoisotopic (exact) mass is 254 g/mol. The molecule has 0 aliphatic rings. The fourth-order valence-electron chi connectivity index (χ4n) is 1.99. The van der Waals surface area contributed by atoms with Crippen LogP contribution in [0.15, 0.2) is 48.5 Å². The summed E-state index contributed by atoms with van der Waals surface area (Å²) in [6.07, 6.45) is 3.74. The lowest BCUT2D eigenvalue weighted by atomic mass is 10.0. The molecule has 2 aromatic carbocycles. The van der Waals surface area contributed by atoms with Crippen LogP contribution in [0.4, 0.5) is 0 Å². The molecule has 0 aliphatic heterocycles. The minimum absolute atomic E-state index is 1.20. The molecule has 0 heteroatoms. The van der Waals surface area contributed by atoms with E-state index >= 15 is 0 Å². The van der Waals surface area contributed by atoms with Gasteiger partial charge in [0.2, 0.25) is 0 Å². The standard InChI is InChI=1S/C17H20.C2H6/c1-3-4-5-15-8-12-17(13-9-15)16-10-6-14(2)7-11-16;1-2/h6-13H,3-5H2,1-2H3;1-2H3. The molecule has 0 bridgehead atoms. The average Bonchev–Trinajstić information content (AvgIpc) is 2.49. The Morgan fingerprint density at radius 2 is 1.21 bits per heavy atom. The van der Waals surface area contributed by atoms with Gasteiger partial charge in [0.1, 0.15) is 0 Å². The summed E-state index contributed by atoms with van der Waals surface area (Å²) in [5, 5.41) is 0. The second kappa shape index (κ2) is 8.53. The molecule has 102 valence electrons. The van der Waals surface area contributed by atoms with E-state index in [0.717, 1.165) is 0 Å². The van der Waals surface area contributed by atoms with Crippen molar-refractivity contribution in [2.45, 2.75) is 47.0 Å². The fourth-order valence-corrected chi connectivity index (χ4v) is 1.99. The molecule has 0 saturated heterocycles. The molecule has 0 aromatic heterocycles. The zero-order valence-corrected chi connectivity index (χ0v) is 12.7. The van der Waals surface area contributed by atoms with Gasteiger partial charge in [-0.3, -0.25) is 0 Å². The maximum Gasteiger partial charge on any atom is -0.0184 e. The average molecular weight is 254 g/mol. The molecule has 0 heterocycles. The first-order chi connectivity index (χ1) is 9.29. The van der Waals surface area contributed by atoms with Gasteiger partial charge in [-0.25, -0.2) is 0 Å². The van der Waals surface area contributed by atoms with Crippen molar-refractivity contribution in [3.8, 4) is 11.1 Å². The van der Waals surface area contributed by atoms with Crippen molar-refractivity contribution in [3.63, 3.8) is 0 Å². The number of rotatable bonds is 4. The van der Waals surface area contributed by atoms with Gasteiger partial charge in [0.25, 0.3) is 0 Å². The van der Waals surface area contributed by atoms with Crippen molar-refractivity contribution in [1.29, 1.82) is 0 Å². The Labute approximate surface area is 118 Å². The van der Waals surface area contributed by atoms with Crippen LogP contribution in [0.25, 0.3) is 11.1 Å². The number of benzene rings is 2. The summed E-state index contributed by atoms with van der Waals surface area (Å²) in [6.45, 7) is 8.36. The smallest absolute Gasteiger partial charge is 0.0184 e. The molecule has 0 aliphatic carbocycles. The van der Waals surface area contributed by atoms with Crippen LogP contribution in [0.1, 0.15) is 44.7 Å². The van der Waals surface area contributed by atoms with Gasteiger partial charge in [-0.2, -0.15) is 0 Å². The van der Waals surface area contributed by atoms with E-state index in [-0.39, 0.29) is 0 Å². The van der Waals surface area contributed by atoms with Gasteiger partial charge in [-0.05, 0) is 36.5 Å². The molecule has 0 nitrogen and oxygen atoms in total. The van der Waals surface area contributed by atoms with Gasteiger partial charge in [-0.15, -0.1) is 0 Å². The number of aryl methyl sites for hydroxylation is 2. The molecule has 0 spiro atoms. The maximum atomic E-state index is 2.25. The highest BCUT2D eigenvalue weighted by Gasteiger charge is 1.97. The first-order valence-corrected chi connectivity index (χ1v) is 7.45. The molecule has 0 atom stereocenters. The number of hydrogen-bond donors (Lipinski definition) is 0. The van der Waals surface area contributed by atoms with Gasteiger partial charge in [0.05, 0.1) is 0 Å². The Balaban J connectivity index is 0.000000861. The van der Waals surface area contributed by atoms with Crippen LogP contribution in [0.2, 0.25) is 0 Å². The molecule has 0 radical (unpaired) electrons. The Morgan fingerprint density at radius 3 is 1.68 bits per heavy atom. The van der Waals surface area contributed by atoms with E-state index in [1.165, 1.54) is 41.5 Å². The lowest BCUT2D eigenvalue weighted by Gasteiger charge is -2.04. The van der Waals surface area contributed by atoms with E-state index in [1.54, 1.807) is 0 Å². The topological polar surface area (TPSA) is 0 Å². The van der Waals surface area contributed by atoms with Gasteiger partial charge < -0.3 is 0 Å². The second-order valence-corrected chi connectivity index (χ2v) is 4.67. The van der Waals surface area contributed by atoms with Crippen LogP contribution in [0.5, 0.6) is 0 Å². The van der Waals surface area contributed by atoms with Crippen molar-refractivity contribution in [1.82, 2.24) is 0 Å². The van der Waals surface area contributed by atoms with Crippen LogP contribution in [-0.2, 0) is 6.42 Å². The van der Waals surface area contributed by atoms with E-state index in [0.29, 0.717) is 0 Å². The lowest BCUT2D eigenvalue weighted by molar-refractivity contribution is 0.795. The Bertz CT molecular complexity index is 448. The van der Waals surface area contributed by atoms with E-state index in [9.17, 15) is 0 Å². The predicted octanol–water partition coefficient (Wildman–Crippen LogP) is 6.03. The van der Waals surface area contributed by atoms with E-state index in [4.69, 9.17) is 0 Å². The van der Waals surface area contributed by atoms with Gasteiger partial charge in [0, 0.05) is 0 Å². The lowest BCUT2D eigenvalue weighted by Crippen LogP contribution is -1.85. The van der Waals surface area contributed by atoms with Crippen molar-refractivity contribution >= 4 is 0 Å². The van der Waals surface area contributed by atoms with Crippen LogP contribution >= 0.6 is 0 Å². The molecular weight excluding hydrogens is 228 g/mol. The predicted molar refractivity (Wildman–Crippen MR) is 86.6 cm³/mol. The highest BCUT2D eigenvalue weighted by atomic mass is 14.0. The highest BCUT2D eigenvalue weighted by Crippen LogP contribution is 2.20. The molecule has 19 heavy (non-hydrogen) atoms. The Hall–Kier alpha value is -1.56. The molecule has 0 saturated carbocycles. The van der Waals surface area contributed by atoms with E-state index < -0.39 is 0 Å². The van der Waals surface area contributed by atoms with Crippen molar-refractivity contribution in [2.75, 3.05) is 0 Å². The zero-order chi connectivity index (χ0) is 14.1. The Kier molecular flexibility index (Phi) is 6.95. The normalized spacial score (nSPS) is 9.68. The molecule has 0 amide bonds. The number of unbranched alkanes of at least 4 members (excludes halogenated alkanes) is 1. The zero-order valence-electron chi connectivity index (χ0n) is 12.7. The largest absolute Gasteiger partial charge is 0.0683 e. The summed E-state index contributed by atoms with van der Waals surface area (Å²) in [4.78, 5) is 0. The van der Waals surface area contributed by atoms with E-state index in [1.807, 2.05) is 13.8 Å². The molecule has 2 aromatic rings. The van der Waals surface area contributed by atoms with Crippen molar-refractivity contribution in [3.05, 3.63) is 59.7 Å². The molecule has 0 unspecified atom stereocenters. The molecular formula is C19H26. The Morgan fingerprint density at radius 1 is 0.737 bits per heavy atom. The van der Waals surface area contributed by atoms with Crippen LogP contribution in [-0.4, -0.2) is 0 Å². The molecule has 0 N–H and O–H groups in total. The first kappa shape index (κ1) is 15.5. The summed E-state index contributed by atoms with van der Waals surface area (Å²) in [5.74, 6) is 0. The van der Waals surface area contributed by atoms with Crippen LogP contribution in [0.3, 0.4) is 0 Å². The summed E-state index contributed by atoms with van der Waals surface area (Å²) >= 11 is 0. The minimum atomic E-state index is 1.20. The quantitative estimate of drug-likeness (QED) is 0.624. The fraction of sp³-hybridized carbons (Fsp3) is 0.368. The minimum Gasteiger partial charge on any atom is -0.0683 e. The SMILES string of the molecule is CC.CCCCc1ccc(-c2ccc(C)cc2)cc1. The second-order valence-electron chi connectivity index (χ2n) is 4.67. The van der Waals surface area contributed by atoms with Crippen molar-refractivity contribution < 1.29 is 0 Å². The summed E-state index contributed by atoms with van der Waals surface area (Å²) in [6, 6.07) is 17.7.